The molecular weight excluding hydrogens is 360 g/mol. The average Bonchev–Trinajstić information content (AvgIpc) is 2.97. The van der Waals surface area contributed by atoms with E-state index in [-0.39, 0.29) is 22.5 Å². The van der Waals surface area contributed by atoms with Crippen molar-refractivity contribution in [1.29, 1.82) is 0 Å². The van der Waals surface area contributed by atoms with Crippen LogP contribution >= 0.6 is 0 Å². The standard InChI is InChI=1S/C17H22N2O6S/c1-10-7-13(19(22)23)9-16(11(10)2)26(24,25)18-14-6-4-3-5-12(14)8-15(18)17(20)21/h7,9,12,14-15H,3-6,8H2,1-2H3,(H,20,21). The Morgan fingerprint density at radius 1 is 1.27 bits per heavy atom. The second-order valence-corrected chi connectivity index (χ2v) is 8.99. The number of carbonyl (C=O) groups is 1. The van der Waals surface area contributed by atoms with Crippen molar-refractivity contribution in [2.75, 3.05) is 0 Å². The molecule has 1 aliphatic carbocycles. The summed E-state index contributed by atoms with van der Waals surface area (Å²) in [6.07, 6.45) is 3.56. The summed E-state index contributed by atoms with van der Waals surface area (Å²) >= 11 is 0. The van der Waals surface area contributed by atoms with Gasteiger partial charge < -0.3 is 5.11 Å². The van der Waals surface area contributed by atoms with Crippen LogP contribution in [0.25, 0.3) is 0 Å². The maximum atomic E-state index is 13.4. The van der Waals surface area contributed by atoms with Crippen molar-refractivity contribution < 1.29 is 23.2 Å². The number of nitro benzene ring substituents is 1. The van der Waals surface area contributed by atoms with Gasteiger partial charge in [-0.3, -0.25) is 14.9 Å². The van der Waals surface area contributed by atoms with Gasteiger partial charge >= 0.3 is 5.97 Å². The first-order valence-corrected chi connectivity index (χ1v) is 10.1. The van der Waals surface area contributed by atoms with Gasteiger partial charge in [-0.15, -0.1) is 0 Å². The molecule has 1 saturated heterocycles. The molecule has 26 heavy (non-hydrogen) atoms. The largest absolute Gasteiger partial charge is 0.480 e. The monoisotopic (exact) mass is 382 g/mol. The first-order chi connectivity index (χ1) is 12.1. The third-order valence-electron chi connectivity index (χ3n) is 5.68. The second-order valence-electron chi connectivity index (χ2n) is 7.18. The predicted octanol–water partition coefficient (Wildman–Crippen LogP) is 2.62. The van der Waals surface area contributed by atoms with Crippen LogP contribution in [0.1, 0.15) is 43.2 Å². The lowest BCUT2D eigenvalue weighted by Crippen LogP contribution is -2.46. The van der Waals surface area contributed by atoms with E-state index >= 15 is 0 Å². The van der Waals surface area contributed by atoms with Gasteiger partial charge in [0, 0.05) is 18.2 Å². The zero-order valence-corrected chi connectivity index (χ0v) is 15.5. The van der Waals surface area contributed by atoms with Crippen molar-refractivity contribution in [2.45, 2.75) is 62.9 Å². The van der Waals surface area contributed by atoms with Crippen molar-refractivity contribution in [2.24, 2.45) is 5.92 Å². The van der Waals surface area contributed by atoms with E-state index in [9.17, 15) is 28.4 Å². The summed E-state index contributed by atoms with van der Waals surface area (Å²) in [6.45, 7) is 3.21. The van der Waals surface area contributed by atoms with Gasteiger partial charge in [0.2, 0.25) is 10.0 Å². The third-order valence-corrected chi connectivity index (χ3v) is 7.75. The van der Waals surface area contributed by atoms with Crippen molar-refractivity contribution in [3.63, 3.8) is 0 Å². The molecule has 1 aromatic rings. The van der Waals surface area contributed by atoms with Crippen LogP contribution in [0.15, 0.2) is 17.0 Å². The Labute approximate surface area is 152 Å². The molecule has 0 amide bonds. The van der Waals surface area contributed by atoms with E-state index in [0.717, 1.165) is 29.6 Å². The highest BCUT2D eigenvalue weighted by Crippen LogP contribution is 2.43. The SMILES string of the molecule is Cc1cc([N+](=O)[O-])cc(S(=O)(=O)N2C(C(=O)O)CC3CCCCC32)c1C. The summed E-state index contributed by atoms with van der Waals surface area (Å²) in [7, 11) is -4.16. The zero-order valence-electron chi connectivity index (χ0n) is 14.7. The lowest BCUT2D eigenvalue weighted by atomic mass is 9.85. The van der Waals surface area contributed by atoms with Crippen LogP contribution in [0.2, 0.25) is 0 Å². The average molecular weight is 382 g/mol. The molecule has 2 fully saturated rings. The number of aryl methyl sites for hydroxylation is 1. The summed E-state index contributed by atoms with van der Waals surface area (Å²) in [5.74, 6) is -1.14. The predicted molar refractivity (Wildman–Crippen MR) is 93.4 cm³/mol. The minimum atomic E-state index is -4.16. The van der Waals surface area contributed by atoms with Crippen molar-refractivity contribution in [1.82, 2.24) is 4.31 Å². The van der Waals surface area contributed by atoms with Crippen LogP contribution in [0.5, 0.6) is 0 Å². The number of hydrogen-bond acceptors (Lipinski definition) is 5. The van der Waals surface area contributed by atoms with E-state index in [1.54, 1.807) is 13.8 Å². The molecule has 0 spiro atoms. The van der Waals surface area contributed by atoms with E-state index in [0.29, 0.717) is 24.0 Å². The van der Waals surface area contributed by atoms with Crippen LogP contribution in [-0.2, 0) is 14.8 Å². The Bertz CT molecular complexity index is 866. The molecule has 2 aliphatic rings. The number of nitro groups is 1. The van der Waals surface area contributed by atoms with E-state index < -0.39 is 27.0 Å². The molecule has 3 atom stereocenters. The van der Waals surface area contributed by atoms with Crippen LogP contribution in [-0.4, -0.2) is 40.8 Å². The molecule has 0 radical (unpaired) electrons. The Morgan fingerprint density at radius 3 is 2.54 bits per heavy atom. The van der Waals surface area contributed by atoms with Gasteiger partial charge in [-0.1, -0.05) is 12.8 Å². The molecule has 3 rings (SSSR count). The van der Waals surface area contributed by atoms with Crippen LogP contribution < -0.4 is 0 Å². The van der Waals surface area contributed by atoms with Gasteiger partial charge in [-0.2, -0.15) is 4.31 Å². The molecule has 1 N–H and O–H groups in total. The summed E-state index contributed by atoms with van der Waals surface area (Å²) in [5.41, 5.74) is 0.598. The topological polar surface area (TPSA) is 118 Å². The molecule has 1 saturated carbocycles. The summed E-state index contributed by atoms with van der Waals surface area (Å²) in [4.78, 5) is 22.1. The minimum absolute atomic E-state index is 0.0275. The number of benzene rings is 1. The number of sulfonamides is 1. The first kappa shape index (κ1) is 18.8. The zero-order chi connectivity index (χ0) is 19.2. The lowest BCUT2D eigenvalue weighted by molar-refractivity contribution is -0.385. The molecule has 3 unspecified atom stereocenters. The maximum absolute atomic E-state index is 13.4. The molecular formula is C17H22N2O6S. The van der Waals surface area contributed by atoms with Gasteiger partial charge in [-0.05, 0) is 50.2 Å². The number of rotatable bonds is 4. The smallest absolute Gasteiger partial charge is 0.322 e. The molecule has 1 heterocycles. The van der Waals surface area contributed by atoms with Gasteiger partial charge in [0.1, 0.15) is 6.04 Å². The Hall–Kier alpha value is -2.00. The molecule has 1 aromatic carbocycles. The summed E-state index contributed by atoms with van der Waals surface area (Å²) in [5, 5.41) is 20.8. The number of carboxylic acid groups (broad SMARTS) is 1. The third kappa shape index (κ3) is 2.99. The fourth-order valence-electron chi connectivity index (χ4n) is 4.27. The van der Waals surface area contributed by atoms with Crippen molar-refractivity contribution in [3.05, 3.63) is 33.4 Å². The van der Waals surface area contributed by atoms with Crippen LogP contribution in [0, 0.1) is 29.9 Å². The molecule has 1 aliphatic heterocycles. The number of non-ortho nitro benzene ring substituents is 1. The molecule has 8 nitrogen and oxygen atoms in total. The minimum Gasteiger partial charge on any atom is -0.480 e. The Morgan fingerprint density at radius 2 is 1.92 bits per heavy atom. The van der Waals surface area contributed by atoms with E-state index in [1.165, 1.54) is 6.07 Å². The molecule has 0 aromatic heterocycles. The molecule has 9 heteroatoms. The number of hydrogen-bond donors (Lipinski definition) is 1. The van der Waals surface area contributed by atoms with Gasteiger partial charge in [0.25, 0.3) is 5.69 Å². The number of nitrogens with zero attached hydrogens (tertiary/aromatic N) is 2. The highest BCUT2D eigenvalue weighted by atomic mass is 32.2. The first-order valence-electron chi connectivity index (χ1n) is 8.66. The van der Waals surface area contributed by atoms with Crippen LogP contribution in [0.4, 0.5) is 5.69 Å². The Balaban J connectivity index is 2.14. The number of aliphatic carboxylic acids is 1. The van der Waals surface area contributed by atoms with Crippen molar-refractivity contribution >= 4 is 21.7 Å². The molecule has 0 bridgehead atoms. The van der Waals surface area contributed by atoms with E-state index in [2.05, 4.69) is 0 Å². The van der Waals surface area contributed by atoms with Gasteiger partial charge in [0.15, 0.2) is 0 Å². The van der Waals surface area contributed by atoms with E-state index in [1.807, 2.05) is 0 Å². The lowest BCUT2D eigenvalue weighted by Gasteiger charge is -2.32. The highest BCUT2D eigenvalue weighted by Gasteiger charge is 2.51. The van der Waals surface area contributed by atoms with Crippen molar-refractivity contribution in [3.8, 4) is 0 Å². The highest BCUT2D eigenvalue weighted by molar-refractivity contribution is 7.89. The normalized spacial score (nSPS) is 26.5. The number of fused-ring (bicyclic) bond motifs is 1. The number of carboxylic acids is 1. The van der Waals surface area contributed by atoms with Gasteiger partial charge in [0.05, 0.1) is 9.82 Å². The Kier molecular flexibility index (Phi) is 4.78. The summed E-state index contributed by atoms with van der Waals surface area (Å²) in [6, 6.07) is 0.907. The van der Waals surface area contributed by atoms with Crippen LogP contribution in [0.3, 0.4) is 0 Å². The fraction of sp³-hybridized carbons (Fsp3) is 0.588. The quantitative estimate of drug-likeness (QED) is 0.632. The van der Waals surface area contributed by atoms with Gasteiger partial charge in [-0.25, -0.2) is 8.42 Å². The molecule has 142 valence electrons. The maximum Gasteiger partial charge on any atom is 0.322 e. The second kappa shape index (κ2) is 6.62. The summed E-state index contributed by atoms with van der Waals surface area (Å²) < 4.78 is 27.9. The fourth-order valence-corrected chi connectivity index (χ4v) is 6.46. The van der Waals surface area contributed by atoms with E-state index in [4.69, 9.17) is 0 Å².